The summed E-state index contributed by atoms with van der Waals surface area (Å²) in [4.78, 5) is 15.1. The maximum atomic E-state index is 15.7. The third-order valence-electron chi connectivity index (χ3n) is 7.68. The summed E-state index contributed by atoms with van der Waals surface area (Å²) in [6, 6.07) is 6.25. The number of ether oxygens (including phenoxy) is 1. The molecule has 10 heteroatoms. The third kappa shape index (κ3) is 4.78. The average molecular weight is 523 g/mol. The van der Waals surface area contributed by atoms with E-state index in [1.54, 1.807) is 24.0 Å². The molecule has 2 heterocycles. The molecule has 36 heavy (non-hydrogen) atoms. The van der Waals surface area contributed by atoms with Gasteiger partial charge >= 0.3 is 0 Å². The molecule has 0 radical (unpaired) electrons. The maximum absolute atomic E-state index is 15.7. The minimum atomic E-state index is -3.59. The van der Waals surface area contributed by atoms with Crippen LogP contribution < -0.4 is 4.72 Å². The van der Waals surface area contributed by atoms with Gasteiger partial charge in [0.2, 0.25) is 10.0 Å². The first-order chi connectivity index (χ1) is 17.1. The highest BCUT2D eigenvalue weighted by molar-refractivity contribution is 7.89. The van der Waals surface area contributed by atoms with Crippen molar-refractivity contribution in [1.82, 2.24) is 9.62 Å². The Kier molecular flexibility index (Phi) is 6.63. The number of carbonyl (C=O) groups is 1. The van der Waals surface area contributed by atoms with E-state index in [9.17, 15) is 22.0 Å². The Morgan fingerprint density at radius 1 is 1.17 bits per heavy atom. The Morgan fingerprint density at radius 3 is 2.50 bits per heavy atom. The molecule has 194 valence electrons. The van der Waals surface area contributed by atoms with E-state index >= 15 is 4.39 Å². The Balaban J connectivity index is 1.52. The standard InChI is InChI=1S/C26H29F3N2O4S/c1-2-36(33,34)30-24-21(31(15-26(24)8-9-26)25(32)22-7-4-10-35-22)13-16-5-3-6-20(23(16)29)17-11-18(27)14-19(28)12-17/h3,5-6,11-12,14,21-22,24,30H,2,4,7-10,13,15H2,1H3/t21-,22+,24+/m0/s1. The highest BCUT2D eigenvalue weighted by Crippen LogP contribution is 2.56. The van der Waals surface area contributed by atoms with Gasteiger partial charge in [-0.05, 0) is 62.3 Å². The van der Waals surface area contributed by atoms with Crippen LogP contribution in [0.1, 0.15) is 38.2 Å². The lowest BCUT2D eigenvalue weighted by atomic mass is 9.91. The van der Waals surface area contributed by atoms with Crippen molar-refractivity contribution in [3.63, 3.8) is 0 Å². The molecule has 5 rings (SSSR count). The van der Waals surface area contributed by atoms with Gasteiger partial charge < -0.3 is 9.64 Å². The molecule has 3 atom stereocenters. The number of hydrogen-bond acceptors (Lipinski definition) is 4. The molecule has 1 amide bonds. The maximum Gasteiger partial charge on any atom is 0.252 e. The van der Waals surface area contributed by atoms with Crippen LogP contribution in [0.5, 0.6) is 0 Å². The van der Waals surface area contributed by atoms with Crippen molar-refractivity contribution >= 4 is 15.9 Å². The van der Waals surface area contributed by atoms with Crippen LogP contribution in [0.25, 0.3) is 11.1 Å². The molecule has 2 saturated heterocycles. The summed E-state index contributed by atoms with van der Waals surface area (Å²) >= 11 is 0. The predicted molar refractivity (Wildman–Crippen MR) is 128 cm³/mol. The van der Waals surface area contributed by atoms with Gasteiger partial charge in [-0.15, -0.1) is 0 Å². The summed E-state index contributed by atoms with van der Waals surface area (Å²) in [5.41, 5.74) is -0.0492. The topological polar surface area (TPSA) is 75.7 Å². The molecule has 6 nitrogen and oxygen atoms in total. The lowest BCUT2D eigenvalue weighted by molar-refractivity contribution is -0.142. The smallest absolute Gasteiger partial charge is 0.252 e. The number of amides is 1. The van der Waals surface area contributed by atoms with Gasteiger partial charge in [0.25, 0.3) is 5.91 Å². The summed E-state index contributed by atoms with van der Waals surface area (Å²) in [6.07, 6.45) is 2.36. The Bertz CT molecular complexity index is 1260. The van der Waals surface area contributed by atoms with Crippen LogP contribution in [0, 0.1) is 22.9 Å². The molecular formula is C26H29F3N2O4S. The lowest BCUT2D eigenvalue weighted by Crippen LogP contribution is -2.51. The van der Waals surface area contributed by atoms with E-state index in [4.69, 9.17) is 4.74 Å². The number of nitrogens with one attached hydrogen (secondary N) is 1. The zero-order valence-electron chi connectivity index (χ0n) is 20.0. The molecule has 2 aromatic rings. The van der Waals surface area contributed by atoms with Gasteiger partial charge in [-0.1, -0.05) is 18.2 Å². The van der Waals surface area contributed by atoms with E-state index in [-0.39, 0.29) is 40.2 Å². The van der Waals surface area contributed by atoms with Crippen molar-refractivity contribution in [3.05, 3.63) is 59.4 Å². The van der Waals surface area contributed by atoms with Crippen LogP contribution in [0.15, 0.2) is 36.4 Å². The molecule has 1 saturated carbocycles. The lowest BCUT2D eigenvalue weighted by Gasteiger charge is -2.31. The number of likely N-dealkylation sites (tertiary alicyclic amines) is 1. The fourth-order valence-electron chi connectivity index (χ4n) is 5.57. The molecule has 2 aliphatic heterocycles. The predicted octanol–water partition coefficient (Wildman–Crippen LogP) is 3.79. The van der Waals surface area contributed by atoms with Gasteiger partial charge in [0, 0.05) is 36.2 Å². The Morgan fingerprint density at radius 2 is 1.89 bits per heavy atom. The van der Waals surface area contributed by atoms with Crippen LogP contribution in [0.3, 0.4) is 0 Å². The monoisotopic (exact) mass is 522 g/mol. The van der Waals surface area contributed by atoms with Crippen molar-refractivity contribution in [2.45, 2.75) is 57.2 Å². The molecule has 3 fully saturated rings. The molecule has 3 aliphatic rings. The number of benzene rings is 2. The molecule has 0 bridgehead atoms. The first-order valence-electron chi connectivity index (χ1n) is 12.3. The second-order valence-electron chi connectivity index (χ2n) is 10.0. The van der Waals surface area contributed by atoms with Crippen molar-refractivity contribution in [2.75, 3.05) is 18.9 Å². The van der Waals surface area contributed by atoms with E-state index in [1.807, 2.05) is 0 Å². The number of hydrogen-bond donors (Lipinski definition) is 1. The first-order valence-corrected chi connectivity index (χ1v) is 13.9. The minimum Gasteiger partial charge on any atom is -0.368 e. The summed E-state index contributed by atoms with van der Waals surface area (Å²) in [6.45, 7) is 2.42. The van der Waals surface area contributed by atoms with Crippen LogP contribution in [0.2, 0.25) is 0 Å². The second-order valence-corrected chi connectivity index (χ2v) is 12.1. The summed E-state index contributed by atoms with van der Waals surface area (Å²) in [5, 5.41) is 0. The van der Waals surface area contributed by atoms with Gasteiger partial charge in [-0.3, -0.25) is 4.79 Å². The molecule has 1 spiro atoms. The van der Waals surface area contributed by atoms with E-state index in [2.05, 4.69) is 4.72 Å². The van der Waals surface area contributed by atoms with Gasteiger partial charge in [-0.25, -0.2) is 26.3 Å². The van der Waals surface area contributed by atoms with Crippen molar-refractivity contribution < 1.29 is 31.1 Å². The van der Waals surface area contributed by atoms with E-state index in [0.717, 1.165) is 37.5 Å². The highest BCUT2D eigenvalue weighted by atomic mass is 32.2. The molecule has 2 aromatic carbocycles. The fraction of sp³-hybridized carbons (Fsp3) is 0.500. The van der Waals surface area contributed by atoms with Crippen LogP contribution in [-0.2, 0) is 26.0 Å². The second kappa shape index (κ2) is 9.46. The number of sulfonamides is 1. The van der Waals surface area contributed by atoms with Crippen LogP contribution in [-0.4, -0.2) is 56.3 Å². The van der Waals surface area contributed by atoms with Crippen molar-refractivity contribution in [2.24, 2.45) is 5.41 Å². The summed E-state index contributed by atoms with van der Waals surface area (Å²) in [7, 11) is -3.59. The first kappa shape index (κ1) is 25.2. The number of carbonyl (C=O) groups excluding carboxylic acids is 1. The number of nitrogens with zero attached hydrogens (tertiary/aromatic N) is 1. The Labute approximate surface area is 208 Å². The van der Waals surface area contributed by atoms with E-state index < -0.39 is 45.7 Å². The van der Waals surface area contributed by atoms with Gasteiger partial charge in [-0.2, -0.15) is 0 Å². The largest absolute Gasteiger partial charge is 0.368 e. The zero-order chi connectivity index (χ0) is 25.7. The van der Waals surface area contributed by atoms with Crippen LogP contribution >= 0.6 is 0 Å². The Hall–Kier alpha value is -2.43. The summed E-state index contributed by atoms with van der Waals surface area (Å²) in [5.74, 6) is -2.60. The minimum absolute atomic E-state index is 0.0349. The number of halogens is 3. The fourth-order valence-corrected chi connectivity index (χ4v) is 6.54. The zero-order valence-corrected chi connectivity index (χ0v) is 20.8. The highest BCUT2D eigenvalue weighted by Gasteiger charge is 2.61. The van der Waals surface area contributed by atoms with Gasteiger partial charge in [0.15, 0.2) is 0 Å². The molecule has 1 aliphatic carbocycles. The summed E-state index contributed by atoms with van der Waals surface area (Å²) < 4.78 is 77.0. The number of rotatable bonds is 7. The molecule has 0 unspecified atom stereocenters. The average Bonchev–Trinajstić information content (AvgIpc) is 3.28. The quantitative estimate of drug-likeness (QED) is 0.601. The normalized spacial score (nSPS) is 25.0. The van der Waals surface area contributed by atoms with Crippen molar-refractivity contribution in [3.8, 4) is 11.1 Å². The molecular weight excluding hydrogens is 493 g/mol. The van der Waals surface area contributed by atoms with Gasteiger partial charge in [0.1, 0.15) is 23.6 Å². The SMILES string of the molecule is CCS(=O)(=O)N[C@@H]1[C@H](Cc2cccc(-c3cc(F)cc(F)c3)c2F)N(C(=O)[C@H]2CCCO2)CC12CC2. The molecule has 0 aromatic heterocycles. The third-order valence-corrected chi connectivity index (χ3v) is 9.05. The van der Waals surface area contributed by atoms with Crippen LogP contribution in [0.4, 0.5) is 13.2 Å². The van der Waals surface area contributed by atoms with Crippen molar-refractivity contribution in [1.29, 1.82) is 0 Å². The molecule has 1 N–H and O–H groups in total. The van der Waals surface area contributed by atoms with E-state index in [0.29, 0.717) is 19.6 Å². The van der Waals surface area contributed by atoms with E-state index in [1.165, 1.54) is 6.07 Å². The van der Waals surface area contributed by atoms with Gasteiger partial charge in [0.05, 0.1) is 11.8 Å².